The van der Waals surface area contributed by atoms with Gasteiger partial charge in [0.25, 0.3) is 5.91 Å². The van der Waals surface area contributed by atoms with E-state index >= 15 is 0 Å². The molecule has 150 valence electrons. The lowest BCUT2D eigenvalue weighted by Gasteiger charge is -2.20. The summed E-state index contributed by atoms with van der Waals surface area (Å²) in [5, 5.41) is 3.52. The molecule has 2 aromatic rings. The third-order valence-corrected chi connectivity index (χ3v) is 4.99. The zero-order valence-electron chi connectivity index (χ0n) is 16.2. The summed E-state index contributed by atoms with van der Waals surface area (Å²) in [5.41, 5.74) is 6.25. The Hall–Kier alpha value is -3.03. The Morgan fingerprint density at radius 2 is 1.93 bits per heavy atom. The lowest BCUT2D eigenvalue weighted by molar-refractivity contribution is -0.130. The van der Waals surface area contributed by atoms with E-state index in [4.69, 9.17) is 0 Å². The number of hydrogen-bond donors (Lipinski definition) is 3. The van der Waals surface area contributed by atoms with Crippen LogP contribution in [0.2, 0.25) is 0 Å². The summed E-state index contributed by atoms with van der Waals surface area (Å²) >= 11 is 0. The maximum atomic E-state index is 12.4. The minimum Gasteiger partial charge on any atom is -0.350 e. The number of rotatable bonds is 5. The monoisotopic (exact) mass is 385 g/mol. The number of fused-ring (bicyclic) bond motifs is 1. The third kappa shape index (κ3) is 4.82. The number of nitrogens with zero attached hydrogens (tertiary/aromatic N) is 2. The first kappa shape index (κ1) is 19.7. The second-order valence-electron chi connectivity index (χ2n) is 7.05. The fourth-order valence-corrected chi connectivity index (χ4v) is 3.49. The highest BCUT2D eigenvalue weighted by molar-refractivity contribution is 6.07. The van der Waals surface area contributed by atoms with Crippen molar-refractivity contribution in [2.75, 3.05) is 19.6 Å². The maximum Gasteiger partial charge on any atom is 0.333 e. The fraction of sp³-hybridized carbons (Fsp3) is 0.450. The van der Waals surface area contributed by atoms with Crippen molar-refractivity contribution in [3.63, 3.8) is 0 Å². The van der Waals surface area contributed by atoms with Crippen molar-refractivity contribution >= 4 is 28.7 Å². The molecule has 0 spiro atoms. The van der Waals surface area contributed by atoms with Crippen molar-refractivity contribution < 1.29 is 14.4 Å². The Balaban J connectivity index is 1.40. The molecule has 1 aliphatic rings. The van der Waals surface area contributed by atoms with Gasteiger partial charge < -0.3 is 14.8 Å². The van der Waals surface area contributed by atoms with E-state index in [-0.39, 0.29) is 11.8 Å². The van der Waals surface area contributed by atoms with Crippen LogP contribution in [0.25, 0.3) is 10.9 Å². The van der Waals surface area contributed by atoms with Gasteiger partial charge in [-0.2, -0.15) is 0 Å². The van der Waals surface area contributed by atoms with Gasteiger partial charge in [-0.25, -0.2) is 10.2 Å². The molecule has 2 heterocycles. The number of likely N-dealkylation sites (tertiary alicyclic amines) is 1. The normalized spacial score (nSPS) is 14.6. The van der Waals surface area contributed by atoms with Crippen molar-refractivity contribution in [3.05, 3.63) is 36.0 Å². The van der Waals surface area contributed by atoms with Crippen LogP contribution in [0, 0.1) is 0 Å². The summed E-state index contributed by atoms with van der Waals surface area (Å²) in [4.78, 5) is 38.1. The molecule has 8 nitrogen and oxygen atoms in total. The Bertz CT molecular complexity index is 861. The van der Waals surface area contributed by atoms with E-state index in [1.807, 2.05) is 40.8 Å². The van der Waals surface area contributed by atoms with Crippen LogP contribution in [0.4, 0.5) is 4.79 Å². The van der Waals surface area contributed by atoms with Crippen LogP contribution >= 0.6 is 0 Å². The molecule has 1 aromatic heterocycles. The average Bonchev–Trinajstić information content (AvgIpc) is 2.90. The zero-order chi connectivity index (χ0) is 19.9. The van der Waals surface area contributed by atoms with Gasteiger partial charge in [-0.3, -0.25) is 15.0 Å². The van der Waals surface area contributed by atoms with Crippen LogP contribution in [-0.4, -0.2) is 46.9 Å². The lowest BCUT2D eigenvalue weighted by Crippen LogP contribution is -2.47. The van der Waals surface area contributed by atoms with Crippen molar-refractivity contribution in [3.8, 4) is 0 Å². The lowest BCUT2D eigenvalue weighted by atomic mass is 10.2. The average molecular weight is 385 g/mol. The predicted octanol–water partition coefficient (Wildman–Crippen LogP) is 1.92. The van der Waals surface area contributed by atoms with Crippen LogP contribution in [0.5, 0.6) is 0 Å². The Morgan fingerprint density at radius 3 is 2.79 bits per heavy atom. The molecule has 1 fully saturated rings. The van der Waals surface area contributed by atoms with Crippen LogP contribution in [0.3, 0.4) is 0 Å². The Labute approximate surface area is 164 Å². The molecule has 0 bridgehead atoms. The minimum atomic E-state index is -0.476. The summed E-state index contributed by atoms with van der Waals surface area (Å²) in [6.07, 6.45) is 6.13. The van der Waals surface area contributed by atoms with Gasteiger partial charge in [-0.1, -0.05) is 24.6 Å². The Kier molecular flexibility index (Phi) is 6.52. The smallest absolute Gasteiger partial charge is 0.333 e. The third-order valence-electron chi connectivity index (χ3n) is 4.99. The van der Waals surface area contributed by atoms with Crippen LogP contribution in [-0.2, 0) is 11.8 Å². The first-order chi connectivity index (χ1) is 13.6. The van der Waals surface area contributed by atoms with Gasteiger partial charge in [0.1, 0.15) is 0 Å². The molecule has 8 heteroatoms. The maximum absolute atomic E-state index is 12.4. The highest BCUT2D eigenvalue weighted by Crippen LogP contribution is 2.19. The molecule has 3 rings (SSSR count). The molecule has 28 heavy (non-hydrogen) atoms. The first-order valence-electron chi connectivity index (χ1n) is 9.72. The van der Waals surface area contributed by atoms with Gasteiger partial charge in [0.15, 0.2) is 0 Å². The quantitative estimate of drug-likeness (QED) is 0.542. The molecule has 1 aliphatic heterocycles. The number of nitrogens with one attached hydrogen (secondary N) is 3. The standard InChI is InChI=1S/C20H27N5O3/c1-24-14-16(15-8-4-5-9-17(15)24)19(27)22-23-20(28)21-11-7-13-25-12-6-2-3-10-18(25)26/h4-5,8-9,14H,2-3,6-7,10-13H2,1H3,(H,22,27)(H2,21,23,28). The van der Waals surface area contributed by atoms with Gasteiger partial charge in [-0.15, -0.1) is 0 Å². The van der Waals surface area contributed by atoms with Crippen LogP contribution < -0.4 is 16.2 Å². The predicted molar refractivity (Wildman–Crippen MR) is 107 cm³/mol. The summed E-state index contributed by atoms with van der Waals surface area (Å²) < 4.78 is 1.87. The number of carbonyl (C=O) groups excluding carboxylic acids is 3. The van der Waals surface area contributed by atoms with E-state index in [2.05, 4.69) is 16.2 Å². The van der Waals surface area contributed by atoms with Crippen molar-refractivity contribution in [2.45, 2.75) is 32.1 Å². The van der Waals surface area contributed by atoms with E-state index in [0.717, 1.165) is 36.7 Å². The van der Waals surface area contributed by atoms with Gasteiger partial charge >= 0.3 is 6.03 Å². The van der Waals surface area contributed by atoms with E-state index in [0.29, 0.717) is 31.5 Å². The molecule has 0 atom stereocenters. The number of hydrazine groups is 1. The Morgan fingerprint density at radius 1 is 1.11 bits per heavy atom. The first-order valence-corrected chi connectivity index (χ1v) is 9.72. The molecular formula is C20H27N5O3. The topological polar surface area (TPSA) is 95.5 Å². The van der Waals surface area contributed by atoms with Crippen molar-refractivity contribution in [2.24, 2.45) is 7.05 Å². The van der Waals surface area contributed by atoms with Crippen molar-refractivity contribution in [1.29, 1.82) is 0 Å². The SMILES string of the molecule is Cn1cc(C(=O)NNC(=O)NCCCN2CCCCCC2=O)c2ccccc21. The van der Waals surface area contributed by atoms with Gasteiger partial charge in [0, 0.05) is 50.2 Å². The number of aromatic nitrogens is 1. The number of aryl methyl sites for hydroxylation is 1. The fourth-order valence-electron chi connectivity index (χ4n) is 3.49. The number of para-hydroxylation sites is 1. The number of hydrogen-bond acceptors (Lipinski definition) is 3. The number of benzene rings is 1. The summed E-state index contributed by atoms with van der Waals surface area (Å²) in [6.45, 7) is 1.87. The largest absolute Gasteiger partial charge is 0.350 e. The van der Waals surface area contributed by atoms with Gasteiger partial charge in [0.2, 0.25) is 5.91 Å². The number of urea groups is 1. The van der Waals surface area contributed by atoms with Crippen LogP contribution in [0.15, 0.2) is 30.5 Å². The minimum absolute atomic E-state index is 0.198. The second-order valence-corrected chi connectivity index (χ2v) is 7.05. The van der Waals surface area contributed by atoms with Gasteiger partial charge in [-0.05, 0) is 25.3 Å². The molecule has 4 amide bonds. The molecule has 0 radical (unpaired) electrons. The van der Waals surface area contributed by atoms with Crippen molar-refractivity contribution in [1.82, 2.24) is 25.6 Å². The molecule has 1 saturated heterocycles. The van der Waals surface area contributed by atoms with Crippen LogP contribution in [0.1, 0.15) is 42.5 Å². The molecule has 1 aromatic carbocycles. The van der Waals surface area contributed by atoms with E-state index in [1.165, 1.54) is 0 Å². The molecule has 3 N–H and O–H groups in total. The molecule has 0 saturated carbocycles. The molecule has 0 aliphatic carbocycles. The molecular weight excluding hydrogens is 358 g/mol. The van der Waals surface area contributed by atoms with E-state index in [9.17, 15) is 14.4 Å². The van der Waals surface area contributed by atoms with E-state index < -0.39 is 6.03 Å². The second kappa shape index (κ2) is 9.25. The summed E-state index contributed by atoms with van der Waals surface area (Å²) in [6, 6.07) is 7.11. The highest BCUT2D eigenvalue weighted by atomic mass is 16.2. The summed E-state index contributed by atoms with van der Waals surface area (Å²) in [5.74, 6) is -0.175. The number of amides is 4. The van der Waals surface area contributed by atoms with E-state index in [1.54, 1.807) is 6.20 Å². The summed E-state index contributed by atoms with van der Waals surface area (Å²) in [7, 11) is 1.87. The van der Waals surface area contributed by atoms with Gasteiger partial charge in [0.05, 0.1) is 5.56 Å². The number of carbonyl (C=O) groups is 3. The highest BCUT2D eigenvalue weighted by Gasteiger charge is 2.16. The zero-order valence-corrected chi connectivity index (χ0v) is 16.2. The molecule has 0 unspecified atom stereocenters.